The molecular formula is C27H33Cl2N5O3S. The highest BCUT2D eigenvalue weighted by molar-refractivity contribution is 7.92. The van der Waals surface area contributed by atoms with Gasteiger partial charge in [0, 0.05) is 24.9 Å². The fourth-order valence-electron chi connectivity index (χ4n) is 5.17. The number of hydrogen-bond acceptors (Lipinski definition) is 5. The molecule has 1 fully saturated rings. The van der Waals surface area contributed by atoms with Crippen molar-refractivity contribution in [2.45, 2.75) is 38.8 Å². The van der Waals surface area contributed by atoms with Crippen LogP contribution in [0.3, 0.4) is 0 Å². The highest BCUT2D eigenvalue weighted by Gasteiger charge is 2.38. The van der Waals surface area contributed by atoms with Crippen LogP contribution < -0.4 is 14.8 Å². The van der Waals surface area contributed by atoms with Gasteiger partial charge in [0.25, 0.3) is 0 Å². The zero-order valence-corrected chi connectivity index (χ0v) is 23.8. The van der Waals surface area contributed by atoms with Crippen LogP contribution in [0.2, 0.25) is 0 Å². The van der Waals surface area contributed by atoms with E-state index in [0.717, 1.165) is 40.6 Å². The van der Waals surface area contributed by atoms with Crippen molar-refractivity contribution in [3.63, 3.8) is 0 Å². The molecule has 0 spiro atoms. The van der Waals surface area contributed by atoms with Gasteiger partial charge in [0.1, 0.15) is 17.7 Å². The molecule has 0 bridgehead atoms. The number of nitrogens with one attached hydrogen (secondary N) is 2. The molecule has 204 valence electrons. The van der Waals surface area contributed by atoms with Gasteiger partial charge in [-0.25, -0.2) is 8.42 Å². The Labute approximate surface area is 236 Å². The molecule has 1 saturated heterocycles. The predicted octanol–water partition coefficient (Wildman–Crippen LogP) is 4.87. The molecule has 0 saturated carbocycles. The minimum atomic E-state index is -3.53. The number of hydrogen-bond donors (Lipinski definition) is 3. The molecule has 2 atom stereocenters. The number of fused-ring (bicyclic) bond motifs is 2. The van der Waals surface area contributed by atoms with Gasteiger partial charge in [-0.3, -0.25) is 15.1 Å². The first-order valence-electron chi connectivity index (χ1n) is 12.2. The summed E-state index contributed by atoms with van der Waals surface area (Å²) < 4.78 is 34.3. The maximum Gasteiger partial charge on any atom is 0.235 e. The number of sulfonamides is 1. The summed E-state index contributed by atoms with van der Waals surface area (Å²) in [7, 11) is -3.53. The average molecular weight is 579 g/mol. The standard InChI is InChI=1S/C27H31N5O3S.2ClH/c1-3-36(33,34)32-25-9-8-23(35-24-10-11-31(16-24)17(2)28)14-22(25)15-26(32)19-6-4-18-5-7-20(27(29)30)13-21(18)12-19;;/h4-9,12-14,24,26,28H,3,10-11,15-16H2,1-2H3,(H3,29,30);2*1H/t24-,26-;;/m1../s1. The van der Waals surface area contributed by atoms with Gasteiger partial charge in [-0.15, -0.1) is 24.8 Å². The van der Waals surface area contributed by atoms with Crippen LogP contribution in [0.25, 0.3) is 10.8 Å². The van der Waals surface area contributed by atoms with Crippen LogP contribution in [-0.4, -0.2) is 49.9 Å². The molecule has 4 N–H and O–H groups in total. The Morgan fingerprint density at radius 3 is 2.45 bits per heavy atom. The van der Waals surface area contributed by atoms with E-state index in [1.54, 1.807) is 18.2 Å². The van der Waals surface area contributed by atoms with Crippen LogP contribution in [0, 0.1) is 10.8 Å². The van der Waals surface area contributed by atoms with Crippen LogP contribution in [-0.2, 0) is 16.4 Å². The van der Waals surface area contributed by atoms with Crippen molar-refractivity contribution >= 4 is 63.0 Å². The highest BCUT2D eigenvalue weighted by atomic mass is 35.5. The Morgan fingerprint density at radius 1 is 1.05 bits per heavy atom. The third-order valence-corrected chi connectivity index (χ3v) is 8.91. The molecule has 2 heterocycles. The van der Waals surface area contributed by atoms with E-state index in [2.05, 4.69) is 0 Å². The topological polar surface area (TPSA) is 124 Å². The normalized spacial score (nSPS) is 18.5. The first-order chi connectivity index (χ1) is 17.2. The van der Waals surface area contributed by atoms with Gasteiger partial charge in [-0.2, -0.15) is 0 Å². The summed E-state index contributed by atoms with van der Waals surface area (Å²) in [4.78, 5) is 2.00. The summed E-state index contributed by atoms with van der Waals surface area (Å²) >= 11 is 0. The van der Waals surface area contributed by atoms with Gasteiger partial charge in [0.15, 0.2) is 0 Å². The second-order valence-electron chi connectivity index (χ2n) is 9.50. The molecule has 0 aromatic heterocycles. The number of likely N-dealkylation sites (tertiary alicyclic amines) is 1. The van der Waals surface area contributed by atoms with Crippen LogP contribution in [0.1, 0.15) is 43.0 Å². The number of nitrogens with two attached hydrogens (primary N) is 1. The molecule has 5 rings (SSSR count). The molecular weight excluding hydrogens is 545 g/mol. The van der Waals surface area contributed by atoms with E-state index in [0.29, 0.717) is 30.1 Å². The van der Waals surface area contributed by atoms with Gasteiger partial charge in [0.2, 0.25) is 10.0 Å². The van der Waals surface area contributed by atoms with Gasteiger partial charge >= 0.3 is 0 Å². The summed E-state index contributed by atoms with van der Waals surface area (Å²) in [5, 5.41) is 17.5. The van der Waals surface area contributed by atoms with Crippen LogP contribution in [0.4, 0.5) is 5.69 Å². The Bertz CT molecular complexity index is 1480. The Morgan fingerprint density at radius 2 is 1.79 bits per heavy atom. The summed E-state index contributed by atoms with van der Waals surface area (Å²) in [6, 6.07) is 16.9. The molecule has 3 aromatic carbocycles. The Kier molecular flexibility index (Phi) is 8.86. The number of nitrogen functional groups attached to an aromatic ring is 1. The number of halogens is 2. The summed E-state index contributed by atoms with van der Waals surface area (Å²) in [6.07, 6.45) is 1.40. The monoisotopic (exact) mass is 577 g/mol. The highest BCUT2D eigenvalue weighted by Crippen LogP contribution is 2.44. The van der Waals surface area contributed by atoms with Crippen molar-refractivity contribution in [1.29, 1.82) is 10.8 Å². The lowest BCUT2D eigenvalue weighted by atomic mass is 9.98. The smallest absolute Gasteiger partial charge is 0.235 e. The molecule has 3 aromatic rings. The summed E-state index contributed by atoms with van der Waals surface area (Å²) in [5.41, 5.74) is 8.84. The molecule has 2 aliphatic rings. The van der Waals surface area contributed by atoms with E-state index in [1.165, 1.54) is 0 Å². The maximum atomic E-state index is 13.2. The van der Waals surface area contributed by atoms with Gasteiger partial charge in [0.05, 0.1) is 29.9 Å². The lowest BCUT2D eigenvalue weighted by Gasteiger charge is -2.27. The first kappa shape index (κ1) is 29.5. The fraction of sp³-hybridized carbons (Fsp3) is 0.333. The van der Waals surface area contributed by atoms with Crippen LogP contribution in [0.5, 0.6) is 5.75 Å². The molecule has 2 aliphatic heterocycles. The number of rotatable bonds is 6. The zero-order chi connectivity index (χ0) is 25.6. The average Bonchev–Trinajstić information content (AvgIpc) is 3.48. The predicted molar refractivity (Wildman–Crippen MR) is 158 cm³/mol. The van der Waals surface area contributed by atoms with E-state index in [4.69, 9.17) is 21.3 Å². The van der Waals surface area contributed by atoms with Crippen LogP contribution in [0.15, 0.2) is 54.6 Å². The summed E-state index contributed by atoms with van der Waals surface area (Å²) in [6.45, 7) is 4.94. The van der Waals surface area contributed by atoms with Gasteiger partial charge in [-0.05, 0) is 66.1 Å². The van der Waals surface area contributed by atoms with Crippen molar-refractivity contribution in [3.8, 4) is 5.75 Å². The zero-order valence-electron chi connectivity index (χ0n) is 21.3. The lowest BCUT2D eigenvalue weighted by molar-refractivity contribution is 0.214. The molecule has 0 amide bonds. The number of ether oxygens (including phenoxy) is 1. The van der Waals surface area contributed by atoms with Crippen molar-refractivity contribution in [1.82, 2.24) is 4.90 Å². The van der Waals surface area contributed by atoms with E-state index in [1.807, 2.05) is 59.5 Å². The minimum absolute atomic E-state index is 0. The molecule has 0 unspecified atom stereocenters. The number of benzene rings is 3. The van der Waals surface area contributed by atoms with Crippen molar-refractivity contribution in [3.05, 3.63) is 71.3 Å². The summed E-state index contributed by atoms with van der Waals surface area (Å²) in [5.74, 6) is 1.27. The molecule has 38 heavy (non-hydrogen) atoms. The third-order valence-electron chi connectivity index (χ3n) is 7.13. The molecule has 0 aliphatic carbocycles. The van der Waals surface area contributed by atoms with Crippen molar-refractivity contribution in [2.24, 2.45) is 5.73 Å². The fourth-order valence-corrected chi connectivity index (χ4v) is 6.51. The van der Waals surface area contributed by atoms with Crippen LogP contribution >= 0.6 is 24.8 Å². The minimum Gasteiger partial charge on any atom is -0.489 e. The quantitative estimate of drug-likeness (QED) is 0.285. The maximum absolute atomic E-state index is 13.2. The Balaban J connectivity index is 0.00000200. The SMILES string of the molecule is CCS(=O)(=O)N1c2ccc(O[C@@H]3CCN(C(C)=N)C3)cc2C[C@@H]1c1ccc2ccc(C(=N)N)cc2c1.Cl.Cl. The van der Waals surface area contributed by atoms with E-state index >= 15 is 0 Å². The number of anilines is 1. The molecule has 11 heteroatoms. The number of nitrogens with zero attached hydrogens (tertiary/aromatic N) is 2. The first-order valence-corrected chi connectivity index (χ1v) is 13.8. The Hall–Kier alpha value is -3.01. The van der Waals surface area contributed by atoms with E-state index < -0.39 is 10.0 Å². The van der Waals surface area contributed by atoms with Crippen molar-refractivity contribution in [2.75, 3.05) is 23.1 Å². The van der Waals surface area contributed by atoms with E-state index in [9.17, 15) is 8.42 Å². The number of amidine groups is 2. The van der Waals surface area contributed by atoms with Gasteiger partial charge < -0.3 is 15.4 Å². The van der Waals surface area contributed by atoms with Crippen molar-refractivity contribution < 1.29 is 13.2 Å². The second kappa shape index (κ2) is 11.4. The molecule has 8 nitrogen and oxygen atoms in total. The lowest BCUT2D eigenvalue weighted by Crippen LogP contribution is -2.33. The van der Waals surface area contributed by atoms with E-state index in [-0.39, 0.29) is 48.5 Å². The third kappa shape index (κ3) is 5.55. The van der Waals surface area contributed by atoms with Gasteiger partial charge in [-0.1, -0.05) is 24.3 Å². The largest absolute Gasteiger partial charge is 0.489 e. The molecule has 0 radical (unpaired) electrons. The second-order valence-corrected chi connectivity index (χ2v) is 11.6.